The molecule has 1 aliphatic heterocycles. The number of hydrogen-bond acceptors (Lipinski definition) is 7. The number of aliphatic hydroxyl groups excluding tert-OH is 3. The molecule has 0 unspecified atom stereocenters. The fourth-order valence-electron chi connectivity index (χ4n) is 3.58. The Balaban J connectivity index is 1.97. The number of carboxylic acids is 1. The van der Waals surface area contributed by atoms with Gasteiger partial charge in [0.25, 0.3) is 0 Å². The van der Waals surface area contributed by atoms with Crippen molar-refractivity contribution < 1.29 is 39.5 Å². The summed E-state index contributed by atoms with van der Waals surface area (Å²) in [5.74, 6) is -0.840. The van der Waals surface area contributed by atoms with Crippen molar-refractivity contribution in [3.8, 4) is 0 Å². The molecule has 7 atom stereocenters. The molecule has 2 rings (SSSR count). The summed E-state index contributed by atoms with van der Waals surface area (Å²) >= 11 is 0. The summed E-state index contributed by atoms with van der Waals surface area (Å²) in [6.07, 6.45) is -5.80. The van der Waals surface area contributed by atoms with Gasteiger partial charge in [-0.1, -0.05) is 26.7 Å². The Hall–Kier alpha value is -1.42. The number of carboxylic acid groups (broad SMARTS) is 1. The lowest BCUT2D eigenvalue weighted by atomic mass is 9.78. The number of aliphatic carboxylic acids is 1. The summed E-state index contributed by atoms with van der Waals surface area (Å²) in [6, 6.07) is -0.0761. The fourth-order valence-corrected chi connectivity index (χ4v) is 3.58. The van der Waals surface area contributed by atoms with Crippen molar-refractivity contribution in [3.05, 3.63) is 0 Å². The summed E-state index contributed by atoms with van der Waals surface area (Å²) in [7, 11) is 0. The quantitative estimate of drug-likeness (QED) is 0.463. The topological polar surface area (TPSA) is 146 Å². The summed E-state index contributed by atoms with van der Waals surface area (Å²) in [4.78, 5) is 23.2. The van der Waals surface area contributed by atoms with Crippen molar-refractivity contribution in [1.29, 1.82) is 0 Å². The van der Waals surface area contributed by atoms with Crippen LogP contribution < -0.4 is 5.32 Å². The van der Waals surface area contributed by atoms with E-state index in [4.69, 9.17) is 14.6 Å². The molecule has 1 amide bonds. The molecule has 1 saturated carbocycles. The molecule has 9 heteroatoms. The van der Waals surface area contributed by atoms with Crippen LogP contribution in [0.2, 0.25) is 0 Å². The van der Waals surface area contributed by atoms with Crippen LogP contribution in [0.4, 0.5) is 4.79 Å². The molecule has 9 nitrogen and oxygen atoms in total. The molecule has 2 fully saturated rings. The maximum Gasteiger partial charge on any atom is 0.409 e. The predicted octanol–water partition coefficient (Wildman–Crippen LogP) is -0.180. The second-order valence-electron chi connectivity index (χ2n) is 7.08. The molecule has 0 aromatic heterocycles. The van der Waals surface area contributed by atoms with E-state index in [1.54, 1.807) is 0 Å². The molecule has 1 heterocycles. The van der Waals surface area contributed by atoms with Crippen LogP contribution in [-0.4, -0.2) is 69.2 Å². The van der Waals surface area contributed by atoms with Gasteiger partial charge in [0.1, 0.15) is 18.3 Å². The van der Waals surface area contributed by atoms with Crippen molar-refractivity contribution in [2.45, 2.75) is 76.3 Å². The van der Waals surface area contributed by atoms with Gasteiger partial charge < -0.3 is 35.2 Å². The predicted molar refractivity (Wildman–Crippen MR) is 84.5 cm³/mol. The first-order chi connectivity index (χ1) is 11.7. The monoisotopic (exact) mass is 361 g/mol. The molecular formula is C16H27NO8. The number of rotatable bonds is 4. The van der Waals surface area contributed by atoms with E-state index in [0.717, 1.165) is 25.7 Å². The Morgan fingerprint density at radius 3 is 2.32 bits per heavy atom. The first kappa shape index (κ1) is 19.9. The van der Waals surface area contributed by atoms with E-state index in [1.165, 1.54) is 0 Å². The molecule has 0 radical (unpaired) electrons. The minimum Gasteiger partial charge on any atom is -0.479 e. The second-order valence-corrected chi connectivity index (χ2v) is 7.08. The smallest absolute Gasteiger partial charge is 0.409 e. The number of amides is 1. The van der Waals surface area contributed by atoms with E-state index in [2.05, 4.69) is 19.2 Å². The van der Waals surface area contributed by atoms with Crippen molar-refractivity contribution in [3.63, 3.8) is 0 Å². The second kappa shape index (κ2) is 8.31. The molecule has 25 heavy (non-hydrogen) atoms. The van der Waals surface area contributed by atoms with Crippen molar-refractivity contribution in [1.82, 2.24) is 5.32 Å². The van der Waals surface area contributed by atoms with E-state index in [1.807, 2.05) is 0 Å². The maximum absolute atomic E-state index is 12.1. The number of carbonyl (C=O) groups is 2. The van der Waals surface area contributed by atoms with E-state index in [-0.39, 0.29) is 6.04 Å². The van der Waals surface area contributed by atoms with Gasteiger partial charge in [0.05, 0.1) is 0 Å². The largest absolute Gasteiger partial charge is 0.479 e. The van der Waals surface area contributed by atoms with E-state index in [0.29, 0.717) is 11.8 Å². The Labute approximate surface area is 145 Å². The van der Waals surface area contributed by atoms with Crippen LogP contribution in [0.5, 0.6) is 0 Å². The lowest BCUT2D eigenvalue weighted by molar-refractivity contribution is -0.278. The number of alkyl carbamates (subject to hydrolysis) is 1. The molecule has 0 aromatic rings. The highest BCUT2D eigenvalue weighted by Crippen LogP contribution is 2.30. The van der Waals surface area contributed by atoms with Crippen LogP contribution in [0.15, 0.2) is 0 Å². The average molecular weight is 361 g/mol. The SMILES string of the molecule is CC(C)[C@@H]1CCCC[C@@H]1NC(=O)O[C@H]1O[C@H](C(=O)O)[C@@H](O)[C@H](O)[C@H]1O. The van der Waals surface area contributed by atoms with Gasteiger partial charge in [-0.15, -0.1) is 0 Å². The first-order valence-electron chi connectivity index (χ1n) is 8.62. The van der Waals surface area contributed by atoms with Gasteiger partial charge in [-0.3, -0.25) is 0 Å². The minimum atomic E-state index is -1.82. The van der Waals surface area contributed by atoms with Crippen molar-refractivity contribution in [2.24, 2.45) is 11.8 Å². The third-order valence-electron chi connectivity index (χ3n) is 5.02. The first-order valence-corrected chi connectivity index (χ1v) is 8.62. The molecule has 144 valence electrons. The van der Waals surface area contributed by atoms with Gasteiger partial charge in [0.2, 0.25) is 6.29 Å². The summed E-state index contributed by atoms with van der Waals surface area (Å²) in [5.41, 5.74) is 0. The molecule has 0 aromatic carbocycles. The molecule has 0 spiro atoms. The van der Waals surface area contributed by atoms with E-state index < -0.39 is 42.8 Å². The van der Waals surface area contributed by atoms with Gasteiger partial charge in [-0.25, -0.2) is 9.59 Å². The Kier molecular flexibility index (Phi) is 6.61. The Morgan fingerprint density at radius 2 is 1.72 bits per heavy atom. The zero-order valence-corrected chi connectivity index (χ0v) is 14.4. The number of carbonyl (C=O) groups excluding carboxylic acids is 1. The van der Waals surface area contributed by atoms with Gasteiger partial charge in [0.15, 0.2) is 6.10 Å². The van der Waals surface area contributed by atoms with Crippen LogP contribution in [0.1, 0.15) is 39.5 Å². The zero-order chi connectivity index (χ0) is 18.7. The Bertz CT molecular complexity index is 485. The summed E-state index contributed by atoms with van der Waals surface area (Å²) < 4.78 is 9.91. The van der Waals surface area contributed by atoms with Gasteiger partial charge >= 0.3 is 12.1 Å². The Morgan fingerprint density at radius 1 is 1.08 bits per heavy atom. The highest BCUT2D eigenvalue weighted by atomic mass is 16.7. The summed E-state index contributed by atoms with van der Waals surface area (Å²) in [6.45, 7) is 4.17. The molecule has 0 bridgehead atoms. The normalized spacial score (nSPS) is 39.0. The van der Waals surface area contributed by atoms with E-state index in [9.17, 15) is 24.9 Å². The van der Waals surface area contributed by atoms with E-state index >= 15 is 0 Å². The molecule has 2 aliphatic rings. The molecular weight excluding hydrogens is 334 g/mol. The molecule has 5 N–H and O–H groups in total. The third-order valence-corrected chi connectivity index (χ3v) is 5.02. The molecule has 1 aliphatic carbocycles. The minimum absolute atomic E-state index is 0.0761. The third kappa shape index (κ3) is 4.60. The van der Waals surface area contributed by atoms with Crippen molar-refractivity contribution >= 4 is 12.1 Å². The summed E-state index contributed by atoms with van der Waals surface area (Å²) in [5, 5.41) is 40.9. The maximum atomic E-state index is 12.1. The van der Waals surface area contributed by atoms with Crippen LogP contribution in [0, 0.1) is 11.8 Å². The number of aliphatic hydroxyl groups is 3. The van der Waals surface area contributed by atoms with Crippen molar-refractivity contribution in [2.75, 3.05) is 0 Å². The van der Waals surface area contributed by atoms with Crippen LogP contribution >= 0.6 is 0 Å². The highest BCUT2D eigenvalue weighted by Gasteiger charge is 2.48. The van der Waals surface area contributed by atoms with Gasteiger partial charge in [0, 0.05) is 6.04 Å². The van der Waals surface area contributed by atoms with Crippen LogP contribution in [0.3, 0.4) is 0 Å². The number of hydrogen-bond donors (Lipinski definition) is 5. The zero-order valence-electron chi connectivity index (χ0n) is 14.4. The number of nitrogens with one attached hydrogen (secondary N) is 1. The highest BCUT2D eigenvalue weighted by molar-refractivity contribution is 5.73. The lowest BCUT2D eigenvalue weighted by Crippen LogP contribution is -2.61. The standard InChI is InChI=1S/C16H27NO8/c1-7(2)8-5-3-4-6-9(8)17-16(23)25-15-12(20)10(18)11(19)13(24-15)14(21)22/h7-13,15,18-20H,3-6H2,1-2H3,(H,17,23)(H,21,22)/t8-,9-,10-,11-,12+,13-,15+/m0/s1. The fraction of sp³-hybridized carbons (Fsp3) is 0.875. The number of ether oxygens (including phenoxy) is 2. The molecule has 1 saturated heterocycles. The van der Waals surface area contributed by atoms with Crippen LogP contribution in [0.25, 0.3) is 0 Å². The van der Waals surface area contributed by atoms with Gasteiger partial charge in [-0.05, 0) is 24.7 Å². The van der Waals surface area contributed by atoms with Gasteiger partial charge in [-0.2, -0.15) is 0 Å². The lowest BCUT2D eigenvalue weighted by Gasteiger charge is -2.39. The van der Waals surface area contributed by atoms with Crippen LogP contribution in [-0.2, 0) is 14.3 Å². The average Bonchev–Trinajstić information content (AvgIpc) is 2.55.